The topological polar surface area (TPSA) is 28.2 Å². The normalized spacial score (nSPS) is 23.5. The van der Waals surface area contributed by atoms with Crippen molar-refractivity contribution in [2.24, 2.45) is 0 Å². The van der Waals surface area contributed by atoms with E-state index in [0.29, 0.717) is 6.04 Å². The molecule has 4 heteroatoms. The summed E-state index contributed by atoms with van der Waals surface area (Å²) < 4.78 is 0. The van der Waals surface area contributed by atoms with Gasteiger partial charge >= 0.3 is 0 Å². The Kier molecular flexibility index (Phi) is 2.51. The van der Waals surface area contributed by atoms with E-state index in [4.69, 9.17) is 0 Å². The molecule has 2 heterocycles. The second-order valence-corrected chi connectivity index (χ2v) is 4.41. The van der Waals surface area contributed by atoms with Gasteiger partial charge in [0, 0.05) is 31.1 Å². The molecule has 1 saturated heterocycles. The van der Waals surface area contributed by atoms with Crippen LogP contribution in [0.25, 0.3) is 0 Å². The highest BCUT2D eigenvalue weighted by molar-refractivity contribution is 7.13. The minimum Gasteiger partial charge on any atom is -0.345 e. The first kappa shape index (κ1) is 8.97. The van der Waals surface area contributed by atoms with Crippen molar-refractivity contribution in [2.45, 2.75) is 19.9 Å². The van der Waals surface area contributed by atoms with Crippen molar-refractivity contribution in [1.29, 1.82) is 0 Å². The van der Waals surface area contributed by atoms with Gasteiger partial charge in [0.05, 0.1) is 5.69 Å². The van der Waals surface area contributed by atoms with Gasteiger partial charge in [0.1, 0.15) is 0 Å². The molecule has 0 unspecified atom stereocenters. The first-order chi connectivity index (χ1) is 6.25. The molecular weight excluding hydrogens is 182 g/mol. The van der Waals surface area contributed by atoms with Crippen LogP contribution in [0.2, 0.25) is 0 Å². The number of piperazine rings is 1. The van der Waals surface area contributed by atoms with Gasteiger partial charge in [-0.3, -0.25) is 0 Å². The third-order valence-corrected chi connectivity index (χ3v) is 3.27. The van der Waals surface area contributed by atoms with E-state index in [1.807, 2.05) is 6.92 Å². The van der Waals surface area contributed by atoms with Crippen LogP contribution < -0.4 is 10.2 Å². The van der Waals surface area contributed by atoms with Gasteiger partial charge < -0.3 is 10.2 Å². The van der Waals surface area contributed by atoms with Crippen LogP contribution in [0.3, 0.4) is 0 Å². The summed E-state index contributed by atoms with van der Waals surface area (Å²) >= 11 is 1.75. The van der Waals surface area contributed by atoms with Crippen molar-refractivity contribution in [3.05, 3.63) is 11.1 Å². The number of hydrogen-bond donors (Lipinski definition) is 1. The fourth-order valence-corrected chi connectivity index (χ4v) is 2.43. The van der Waals surface area contributed by atoms with Crippen molar-refractivity contribution in [3.63, 3.8) is 0 Å². The van der Waals surface area contributed by atoms with E-state index in [9.17, 15) is 0 Å². The predicted molar refractivity (Wildman–Crippen MR) is 56.5 cm³/mol. The minimum absolute atomic E-state index is 0.581. The molecule has 0 bridgehead atoms. The number of anilines is 1. The number of nitrogens with zero attached hydrogens (tertiary/aromatic N) is 2. The second kappa shape index (κ2) is 3.64. The van der Waals surface area contributed by atoms with Crippen LogP contribution in [0.15, 0.2) is 5.38 Å². The summed E-state index contributed by atoms with van der Waals surface area (Å²) in [6, 6.07) is 0.581. The molecule has 3 nitrogen and oxygen atoms in total. The summed E-state index contributed by atoms with van der Waals surface area (Å²) in [6.45, 7) is 7.49. The number of rotatable bonds is 1. The smallest absolute Gasteiger partial charge is 0.185 e. The van der Waals surface area contributed by atoms with E-state index in [1.54, 1.807) is 11.3 Å². The minimum atomic E-state index is 0.581. The molecule has 0 radical (unpaired) electrons. The number of aryl methyl sites for hydroxylation is 1. The van der Waals surface area contributed by atoms with Crippen LogP contribution in [0.4, 0.5) is 5.13 Å². The molecule has 0 aliphatic carbocycles. The van der Waals surface area contributed by atoms with E-state index < -0.39 is 0 Å². The van der Waals surface area contributed by atoms with Crippen molar-refractivity contribution < 1.29 is 0 Å². The Hall–Kier alpha value is -0.610. The lowest BCUT2D eigenvalue weighted by molar-refractivity contribution is 0.484. The fraction of sp³-hybridized carbons (Fsp3) is 0.667. The van der Waals surface area contributed by atoms with Gasteiger partial charge in [-0.2, -0.15) is 0 Å². The van der Waals surface area contributed by atoms with E-state index in [-0.39, 0.29) is 0 Å². The van der Waals surface area contributed by atoms with Crippen molar-refractivity contribution in [1.82, 2.24) is 10.3 Å². The Morgan fingerprint density at radius 3 is 3.15 bits per heavy atom. The first-order valence-corrected chi connectivity index (χ1v) is 5.54. The summed E-state index contributed by atoms with van der Waals surface area (Å²) in [5.74, 6) is 0. The summed E-state index contributed by atoms with van der Waals surface area (Å²) in [5, 5.41) is 6.71. The number of nitrogens with one attached hydrogen (secondary N) is 1. The molecule has 0 spiro atoms. The third kappa shape index (κ3) is 2.00. The molecule has 1 aromatic rings. The van der Waals surface area contributed by atoms with Crippen molar-refractivity contribution in [2.75, 3.05) is 24.5 Å². The van der Waals surface area contributed by atoms with E-state index in [2.05, 4.69) is 27.5 Å². The zero-order valence-corrected chi connectivity index (χ0v) is 8.90. The molecule has 0 amide bonds. The molecule has 13 heavy (non-hydrogen) atoms. The van der Waals surface area contributed by atoms with Crippen LogP contribution in [0, 0.1) is 6.92 Å². The number of thiazole rings is 1. The van der Waals surface area contributed by atoms with Gasteiger partial charge in [0.25, 0.3) is 0 Å². The highest BCUT2D eigenvalue weighted by Gasteiger charge is 2.17. The summed E-state index contributed by atoms with van der Waals surface area (Å²) in [7, 11) is 0. The maximum atomic E-state index is 4.49. The lowest BCUT2D eigenvalue weighted by Crippen LogP contribution is -2.49. The van der Waals surface area contributed by atoms with E-state index in [0.717, 1.165) is 25.3 Å². The molecule has 2 rings (SSSR count). The van der Waals surface area contributed by atoms with Crippen LogP contribution in [-0.4, -0.2) is 30.7 Å². The summed E-state index contributed by atoms with van der Waals surface area (Å²) in [4.78, 5) is 6.85. The van der Waals surface area contributed by atoms with E-state index in [1.165, 1.54) is 5.13 Å². The quantitative estimate of drug-likeness (QED) is 0.734. The molecule has 0 saturated carbocycles. The average molecular weight is 197 g/mol. The largest absolute Gasteiger partial charge is 0.345 e. The maximum Gasteiger partial charge on any atom is 0.185 e. The third-order valence-electron chi connectivity index (χ3n) is 2.25. The van der Waals surface area contributed by atoms with Gasteiger partial charge in [-0.1, -0.05) is 0 Å². The highest BCUT2D eigenvalue weighted by atomic mass is 32.1. The summed E-state index contributed by atoms with van der Waals surface area (Å²) in [5.41, 5.74) is 1.13. The van der Waals surface area contributed by atoms with Gasteiger partial charge in [0.2, 0.25) is 0 Å². The Labute approximate surface area is 82.8 Å². The van der Waals surface area contributed by atoms with Gasteiger partial charge in [0.15, 0.2) is 5.13 Å². The molecule has 1 N–H and O–H groups in total. The van der Waals surface area contributed by atoms with Crippen LogP contribution >= 0.6 is 11.3 Å². The van der Waals surface area contributed by atoms with Gasteiger partial charge in [-0.05, 0) is 13.8 Å². The molecule has 1 aliphatic rings. The fourth-order valence-electron chi connectivity index (χ4n) is 1.59. The van der Waals surface area contributed by atoms with Crippen LogP contribution in [0.5, 0.6) is 0 Å². The second-order valence-electron chi connectivity index (χ2n) is 3.57. The molecule has 0 aromatic carbocycles. The van der Waals surface area contributed by atoms with Gasteiger partial charge in [-0.15, -0.1) is 11.3 Å². The molecule has 1 aliphatic heterocycles. The molecular formula is C9H15N3S. The monoisotopic (exact) mass is 197 g/mol. The zero-order chi connectivity index (χ0) is 9.26. The Morgan fingerprint density at radius 1 is 1.69 bits per heavy atom. The number of aromatic nitrogens is 1. The molecule has 1 fully saturated rings. The molecule has 1 atom stereocenters. The average Bonchev–Trinajstić information content (AvgIpc) is 2.52. The lowest BCUT2D eigenvalue weighted by Gasteiger charge is -2.31. The highest BCUT2D eigenvalue weighted by Crippen LogP contribution is 2.20. The van der Waals surface area contributed by atoms with Crippen LogP contribution in [0.1, 0.15) is 12.6 Å². The Bertz CT molecular complexity index is 284. The maximum absolute atomic E-state index is 4.49. The van der Waals surface area contributed by atoms with Crippen molar-refractivity contribution >= 4 is 16.5 Å². The van der Waals surface area contributed by atoms with Gasteiger partial charge in [-0.25, -0.2) is 4.98 Å². The Balaban J connectivity index is 2.08. The first-order valence-electron chi connectivity index (χ1n) is 4.66. The standard InChI is InChI=1S/C9H15N3S/c1-7-5-12(4-3-10-7)9-11-8(2)6-13-9/h6-7,10H,3-5H2,1-2H3/t7-/m0/s1. The zero-order valence-electron chi connectivity index (χ0n) is 8.08. The lowest BCUT2D eigenvalue weighted by atomic mass is 10.2. The predicted octanol–water partition coefficient (Wildman–Crippen LogP) is 1.25. The molecule has 72 valence electrons. The summed E-state index contributed by atoms with van der Waals surface area (Å²) in [6.07, 6.45) is 0. The Morgan fingerprint density at radius 2 is 2.54 bits per heavy atom. The molecule has 1 aromatic heterocycles. The van der Waals surface area contributed by atoms with Crippen LogP contribution in [-0.2, 0) is 0 Å². The van der Waals surface area contributed by atoms with Crippen molar-refractivity contribution in [3.8, 4) is 0 Å². The SMILES string of the molecule is Cc1csc(N2CCN[C@@H](C)C2)n1. The number of hydrogen-bond acceptors (Lipinski definition) is 4. The van der Waals surface area contributed by atoms with E-state index >= 15 is 0 Å².